The Morgan fingerprint density at radius 3 is 2.77 bits per heavy atom. The lowest BCUT2D eigenvalue weighted by molar-refractivity contribution is 0.0953. The number of carbonyl (C=O) groups excluding carboxylic acids is 1. The Hall–Kier alpha value is -3.44. The average molecular weight is 494 g/mol. The molecule has 0 saturated carbocycles. The van der Waals surface area contributed by atoms with Crippen LogP contribution in [0.4, 0.5) is 0 Å². The second kappa shape index (κ2) is 10.0. The molecule has 0 aliphatic carbocycles. The van der Waals surface area contributed by atoms with Crippen LogP contribution in [0.5, 0.6) is 5.75 Å². The first kappa shape index (κ1) is 23.3. The van der Waals surface area contributed by atoms with Crippen molar-refractivity contribution >= 4 is 17.5 Å². The van der Waals surface area contributed by atoms with Crippen molar-refractivity contribution in [3.8, 4) is 23.1 Å². The Labute approximate surface area is 207 Å². The number of nitrogens with zero attached hydrogens (tertiary/aromatic N) is 6. The third-order valence-electron chi connectivity index (χ3n) is 6.15. The number of aromatic amines is 1. The zero-order chi connectivity index (χ0) is 24.4. The summed E-state index contributed by atoms with van der Waals surface area (Å²) in [5, 5.41) is 16.4. The fourth-order valence-corrected chi connectivity index (χ4v) is 5.22. The summed E-state index contributed by atoms with van der Waals surface area (Å²) in [7, 11) is 1.64. The molecule has 4 aromatic rings. The van der Waals surface area contributed by atoms with Crippen molar-refractivity contribution in [2.24, 2.45) is 0 Å². The molecule has 1 aliphatic heterocycles. The molecule has 0 bridgehead atoms. The van der Waals surface area contributed by atoms with Crippen LogP contribution in [0.25, 0.3) is 17.3 Å². The molecule has 11 heteroatoms. The first-order chi connectivity index (χ1) is 17.0. The fourth-order valence-electron chi connectivity index (χ4n) is 4.39. The van der Waals surface area contributed by atoms with E-state index in [0.717, 1.165) is 48.0 Å². The number of Topliss-reactive ketones (excluding diaryl/α,β-unsaturated/α-hetero) is 1. The van der Waals surface area contributed by atoms with E-state index >= 15 is 0 Å². The van der Waals surface area contributed by atoms with Gasteiger partial charge in [-0.05, 0) is 57.0 Å². The highest BCUT2D eigenvalue weighted by atomic mass is 32.2. The molecule has 1 aromatic carbocycles. The largest absolute Gasteiger partial charge is 0.497 e. The lowest BCUT2D eigenvalue weighted by Gasteiger charge is -2.15. The van der Waals surface area contributed by atoms with Crippen LogP contribution >= 0.6 is 11.8 Å². The monoisotopic (exact) mass is 493 g/mol. The third kappa shape index (κ3) is 4.73. The van der Waals surface area contributed by atoms with Crippen molar-refractivity contribution in [3.63, 3.8) is 0 Å². The molecule has 1 aliphatic rings. The molecule has 0 spiro atoms. The summed E-state index contributed by atoms with van der Waals surface area (Å²) in [4.78, 5) is 17.4. The minimum atomic E-state index is 0.0199. The number of hydrogen-bond acceptors (Lipinski definition) is 8. The summed E-state index contributed by atoms with van der Waals surface area (Å²) in [5.74, 6) is 2.38. The van der Waals surface area contributed by atoms with Crippen molar-refractivity contribution in [1.29, 1.82) is 0 Å². The lowest BCUT2D eigenvalue weighted by Crippen LogP contribution is -2.17. The number of aromatic nitrogens is 7. The van der Waals surface area contributed by atoms with Crippen LogP contribution in [0, 0.1) is 13.8 Å². The molecule has 10 nitrogen and oxygen atoms in total. The molecule has 4 heterocycles. The van der Waals surface area contributed by atoms with Gasteiger partial charge < -0.3 is 9.47 Å². The van der Waals surface area contributed by atoms with E-state index in [1.807, 2.05) is 48.7 Å². The molecular weight excluding hydrogens is 466 g/mol. The van der Waals surface area contributed by atoms with Gasteiger partial charge in [0.15, 0.2) is 16.8 Å². The molecule has 182 valence electrons. The van der Waals surface area contributed by atoms with Crippen LogP contribution in [0.15, 0.2) is 41.8 Å². The van der Waals surface area contributed by atoms with Gasteiger partial charge >= 0.3 is 0 Å². The van der Waals surface area contributed by atoms with E-state index in [-0.39, 0.29) is 17.6 Å². The molecule has 5 rings (SSSR count). The van der Waals surface area contributed by atoms with Gasteiger partial charge in [0.05, 0.1) is 25.5 Å². The predicted molar refractivity (Wildman–Crippen MR) is 131 cm³/mol. The number of ether oxygens (including phenoxy) is 2. The Bertz CT molecular complexity index is 1310. The molecule has 0 unspecified atom stereocenters. The number of aryl methyl sites for hydroxylation is 1. The van der Waals surface area contributed by atoms with Gasteiger partial charge in [0.1, 0.15) is 12.1 Å². The molecule has 1 N–H and O–H groups in total. The van der Waals surface area contributed by atoms with E-state index in [1.54, 1.807) is 7.11 Å². The van der Waals surface area contributed by atoms with E-state index in [1.165, 1.54) is 18.1 Å². The van der Waals surface area contributed by atoms with Crippen LogP contribution in [-0.4, -0.2) is 65.9 Å². The van der Waals surface area contributed by atoms with E-state index in [4.69, 9.17) is 9.47 Å². The van der Waals surface area contributed by atoms with Crippen molar-refractivity contribution in [3.05, 3.63) is 53.6 Å². The van der Waals surface area contributed by atoms with Crippen molar-refractivity contribution < 1.29 is 14.3 Å². The van der Waals surface area contributed by atoms with Gasteiger partial charge in [-0.2, -0.15) is 10.1 Å². The van der Waals surface area contributed by atoms with E-state index < -0.39 is 0 Å². The van der Waals surface area contributed by atoms with Gasteiger partial charge in [-0.1, -0.05) is 11.8 Å². The highest BCUT2D eigenvalue weighted by Gasteiger charge is 2.24. The van der Waals surface area contributed by atoms with Crippen LogP contribution in [0.3, 0.4) is 0 Å². The van der Waals surface area contributed by atoms with Gasteiger partial charge in [-0.3, -0.25) is 13.9 Å². The Kier molecular flexibility index (Phi) is 6.69. The zero-order valence-electron chi connectivity index (χ0n) is 19.9. The summed E-state index contributed by atoms with van der Waals surface area (Å²) in [5.41, 5.74) is 3.33. The second-order valence-electron chi connectivity index (χ2n) is 8.42. The zero-order valence-corrected chi connectivity index (χ0v) is 20.7. The molecule has 0 radical (unpaired) electrons. The predicted octanol–water partition coefficient (Wildman–Crippen LogP) is 3.63. The maximum absolute atomic E-state index is 13.2. The van der Waals surface area contributed by atoms with E-state index in [9.17, 15) is 4.79 Å². The third-order valence-corrected chi connectivity index (χ3v) is 7.12. The van der Waals surface area contributed by atoms with Gasteiger partial charge in [-0.25, -0.2) is 5.10 Å². The van der Waals surface area contributed by atoms with Crippen molar-refractivity contribution in [1.82, 2.24) is 34.5 Å². The smallest absolute Gasteiger partial charge is 0.229 e. The average Bonchev–Trinajstić information content (AvgIpc) is 3.67. The number of carbonyl (C=O) groups is 1. The molecule has 1 atom stereocenters. The van der Waals surface area contributed by atoms with Crippen molar-refractivity contribution in [2.45, 2.75) is 44.5 Å². The van der Waals surface area contributed by atoms with Crippen LogP contribution in [-0.2, 0) is 11.3 Å². The van der Waals surface area contributed by atoms with Gasteiger partial charge in [0.25, 0.3) is 0 Å². The summed E-state index contributed by atoms with van der Waals surface area (Å²) in [6.45, 7) is 5.27. The fraction of sp³-hybridized carbons (Fsp3) is 0.375. The van der Waals surface area contributed by atoms with Crippen LogP contribution < -0.4 is 4.74 Å². The van der Waals surface area contributed by atoms with Crippen molar-refractivity contribution in [2.75, 3.05) is 19.5 Å². The topological polar surface area (TPSA) is 113 Å². The number of methoxy groups -OCH3 is 1. The minimum Gasteiger partial charge on any atom is -0.497 e. The van der Waals surface area contributed by atoms with Crippen LogP contribution in [0.2, 0.25) is 0 Å². The molecule has 3 aromatic heterocycles. The summed E-state index contributed by atoms with van der Waals surface area (Å²) in [6.07, 6.45) is 3.61. The quantitative estimate of drug-likeness (QED) is 0.278. The van der Waals surface area contributed by atoms with E-state index in [2.05, 4.69) is 29.9 Å². The first-order valence-electron chi connectivity index (χ1n) is 11.4. The standard InChI is InChI=1S/C24H27N7O3S/c1-15-11-20(16(2)31(15)23-25-14-26-28-23)21(32)13-35-24-29-27-22(17-6-8-18(33-3)9-7-17)30(24)12-19-5-4-10-34-19/h6-9,11,14,19H,4-5,10,12-13H2,1-3H3,(H,25,26,28)/t19-/m0/s1. The van der Waals surface area contributed by atoms with Crippen LogP contribution in [0.1, 0.15) is 34.6 Å². The summed E-state index contributed by atoms with van der Waals surface area (Å²) < 4.78 is 15.1. The summed E-state index contributed by atoms with van der Waals surface area (Å²) in [6, 6.07) is 9.63. The lowest BCUT2D eigenvalue weighted by atomic mass is 10.2. The SMILES string of the molecule is COc1ccc(-c2nnc(SCC(=O)c3cc(C)n(-c4ncn[nH]4)c3C)n2C[C@@H]2CCCO2)cc1. The number of benzene rings is 1. The Morgan fingerprint density at radius 1 is 1.26 bits per heavy atom. The number of ketones is 1. The van der Waals surface area contributed by atoms with E-state index in [0.29, 0.717) is 23.2 Å². The summed E-state index contributed by atoms with van der Waals surface area (Å²) >= 11 is 1.39. The number of hydrogen-bond donors (Lipinski definition) is 1. The molecule has 0 amide bonds. The van der Waals surface area contributed by atoms with Gasteiger partial charge in [0, 0.05) is 29.1 Å². The Morgan fingerprint density at radius 2 is 2.09 bits per heavy atom. The molecular formula is C24H27N7O3S. The van der Waals surface area contributed by atoms with Gasteiger partial charge in [0.2, 0.25) is 5.95 Å². The number of thioether (sulfide) groups is 1. The highest BCUT2D eigenvalue weighted by Crippen LogP contribution is 2.29. The molecule has 1 fully saturated rings. The van der Waals surface area contributed by atoms with Gasteiger partial charge in [-0.15, -0.1) is 10.2 Å². The molecule has 1 saturated heterocycles. The second-order valence-corrected chi connectivity index (χ2v) is 9.36. The number of rotatable bonds is 9. The minimum absolute atomic E-state index is 0.0199. The first-order valence-corrected chi connectivity index (χ1v) is 12.4. The molecule has 35 heavy (non-hydrogen) atoms. The normalized spacial score (nSPS) is 15.6. The Balaban J connectivity index is 1.38. The number of H-pyrrole nitrogens is 1. The maximum Gasteiger partial charge on any atom is 0.229 e. The highest BCUT2D eigenvalue weighted by molar-refractivity contribution is 7.99. The maximum atomic E-state index is 13.2. The number of nitrogens with one attached hydrogen (secondary N) is 1.